The Bertz CT molecular complexity index is 642. The third-order valence-electron chi connectivity index (χ3n) is 2.82. The summed E-state index contributed by atoms with van der Waals surface area (Å²) in [6.45, 7) is 0. The molecule has 0 unspecified atom stereocenters. The van der Waals surface area contributed by atoms with Gasteiger partial charge in [0.2, 0.25) is 11.6 Å². The second kappa shape index (κ2) is 5.93. The zero-order chi connectivity index (χ0) is 14.5. The van der Waals surface area contributed by atoms with Crippen molar-refractivity contribution in [2.24, 2.45) is 0 Å². The Morgan fingerprint density at radius 2 is 1.35 bits per heavy atom. The van der Waals surface area contributed by atoms with Gasteiger partial charge in [-0.2, -0.15) is 0 Å². The second-order valence-electron chi connectivity index (χ2n) is 4.27. The van der Waals surface area contributed by atoms with E-state index in [1.54, 1.807) is 12.1 Å². The quantitative estimate of drug-likeness (QED) is 0.514. The molecule has 0 aromatic heterocycles. The molecule has 0 aliphatic heterocycles. The van der Waals surface area contributed by atoms with E-state index in [-0.39, 0.29) is 5.56 Å². The normalized spacial score (nSPS) is 10.0. The molecule has 0 saturated carbocycles. The molecule has 2 aromatic carbocycles. The van der Waals surface area contributed by atoms with E-state index in [1.807, 2.05) is 30.3 Å². The highest BCUT2D eigenvalue weighted by atomic mass is 16.4. The van der Waals surface area contributed by atoms with Crippen molar-refractivity contribution in [1.82, 2.24) is 0 Å². The first-order valence-corrected chi connectivity index (χ1v) is 6.03. The van der Waals surface area contributed by atoms with Gasteiger partial charge in [0.05, 0.1) is 0 Å². The highest BCUT2D eigenvalue weighted by Crippen LogP contribution is 2.19. The minimum Gasteiger partial charge on any atom is -0.481 e. The van der Waals surface area contributed by atoms with E-state index in [0.29, 0.717) is 0 Å². The second-order valence-corrected chi connectivity index (χ2v) is 4.27. The molecular formula is C16H12O4. The van der Waals surface area contributed by atoms with Gasteiger partial charge in [-0.25, -0.2) is 0 Å². The molecule has 2 rings (SSSR count). The predicted molar refractivity (Wildman–Crippen MR) is 73.5 cm³/mol. The Hall–Kier alpha value is -2.75. The SMILES string of the molecule is O=C(O)CC(=O)C(=O)c1ccc(-c2ccccc2)cc1. The summed E-state index contributed by atoms with van der Waals surface area (Å²) in [6, 6.07) is 16.1. The summed E-state index contributed by atoms with van der Waals surface area (Å²) in [7, 11) is 0. The van der Waals surface area contributed by atoms with Gasteiger partial charge in [0, 0.05) is 5.56 Å². The maximum Gasteiger partial charge on any atom is 0.311 e. The molecule has 0 radical (unpaired) electrons. The zero-order valence-electron chi connectivity index (χ0n) is 10.6. The lowest BCUT2D eigenvalue weighted by molar-refractivity contribution is -0.139. The van der Waals surface area contributed by atoms with Gasteiger partial charge in [0.25, 0.3) is 0 Å². The van der Waals surface area contributed by atoms with Gasteiger partial charge in [0.1, 0.15) is 6.42 Å². The summed E-state index contributed by atoms with van der Waals surface area (Å²) in [5, 5.41) is 8.50. The number of carboxylic acids is 1. The Kier molecular flexibility index (Phi) is 4.05. The first kappa shape index (κ1) is 13.7. The summed E-state index contributed by atoms with van der Waals surface area (Å²) in [4.78, 5) is 33.5. The van der Waals surface area contributed by atoms with Crippen LogP contribution in [-0.2, 0) is 9.59 Å². The van der Waals surface area contributed by atoms with Gasteiger partial charge < -0.3 is 5.11 Å². The first-order chi connectivity index (χ1) is 9.58. The lowest BCUT2D eigenvalue weighted by Crippen LogP contribution is -2.17. The van der Waals surface area contributed by atoms with Gasteiger partial charge in [-0.1, -0.05) is 54.6 Å². The van der Waals surface area contributed by atoms with Crippen LogP contribution < -0.4 is 0 Å². The minimum absolute atomic E-state index is 0.205. The van der Waals surface area contributed by atoms with Crippen molar-refractivity contribution in [3.05, 3.63) is 60.2 Å². The Morgan fingerprint density at radius 1 is 0.800 bits per heavy atom. The topological polar surface area (TPSA) is 71.4 Å². The zero-order valence-corrected chi connectivity index (χ0v) is 10.6. The van der Waals surface area contributed by atoms with Crippen molar-refractivity contribution in [3.63, 3.8) is 0 Å². The van der Waals surface area contributed by atoms with Gasteiger partial charge in [-0.3, -0.25) is 14.4 Å². The van der Waals surface area contributed by atoms with Crippen molar-refractivity contribution in [2.75, 3.05) is 0 Å². The minimum atomic E-state index is -1.30. The molecule has 0 aliphatic carbocycles. The molecule has 0 heterocycles. The maximum absolute atomic E-state index is 11.7. The van der Waals surface area contributed by atoms with Crippen molar-refractivity contribution in [3.8, 4) is 11.1 Å². The van der Waals surface area contributed by atoms with Gasteiger partial charge in [0.15, 0.2) is 0 Å². The van der Waals surface area contributed by atoms with Crippen LogP contribution in [0.15, 0.2) is 54.6 Å². The van der Waals surface area contributed by atoms with Gasteiger partial charge in [-0.05, 0) is 11.1 Å². The Balaban J connectivity index is 2.18. The van der Waals surface area contributed by atoms with E-state index in [4.69, 9.17) is 5.11 Å². The maximum atomic E-state index is 11.7. The lowest BCUT2D eigenvalue weighted by atomic mass is 10.0. The molecule has 4 nitrogen and oxygen atoms in total. The number of rotatable bonds is 5. The summed E-state index contributed by atoms with van der Waals surface area (Å²) >= 11 is 0. The standard InChI is InChI=1S/C16H12O4/c17-14(10-15(18)19)16(20)13-8-6-12(7-9-13)11-4-2-1-3-5-11/h1-9H,10H2,(H,18,19). The highest BCUT2D eigenvalue weighted by molar-refractivity contribution is 6.45. The van der Waals surface area contributed by atoms with E-state index >= 15 is 0 Å². The summed E-state index contributed by atoms with van der Waals surface area (Å²) < 4.78 is 0. The average Bonchev–Trinajstić information content (AvgIpc) is 2.47. The van der Waals surface area contributed by atoms with Gasteiger partial charge in [-0.15, -0.1) is 0 Å². The van der Waals surface area contributed by atoms with E-state index in [9.17, 15) is 14.4 Å². The molecule has 0 spiro atoms. The Labute approximate surface area is 115 Å². The monoisotopic (exact) mass is 268 g/mol. The first-order valence-electron chi connectivity index (χ1n) is 6.03. The molecule has 0 aliphatic rings. The van der Waals surface area contributed by atoms with E-state index in [2.05, 4.69) is 0 Å². The van der Waals surface area contributed by atoms with Gasteiger partial charge >= 0.3 is 5.97 Å². The molecular weight excluding hydrogens is 256 g/mol. The number of carbonyl (C=O) groups excluding carboxylic acids is 2. The van der Waals surface area contributed by atoms with Crippen molar-refractivity contribution >= 4 is 17.5 Å². The molecule has 0 fully saturated rings. The van der Waals surface area contributed by atoms with E-state index in [0.717, 1.165) is 11.1 Å². The largest absolute Gasteiger partial charge is 0.481 e. The average molecular weight is 268 g/mol. The van der Waals surface area contributed by atoms with Crippen LogP contribution >= 0.6 is 0 Å². The number of ketones is 2. The fraction of sp³-hybridized carbons (Fsp3) is 0.0625. The molecule has 0 atom stereocenters. The Morgan fingerprint density at radius 3 is 1.90 bits per heavy atom. The van der Waals surface area contributed by atoms with Crippen LogP contribution in [0.3, 0.4) is 0 Å². The van der Waals surface area contributed by atoms with Crippen LogP contribution in [0.25, 0.3) is 11.1 Å². The predicted octanol–water partition coefficient (Wildman–Crippen LogP) is 2.58. The van der Waals surface area contributed by atoms with Crippen LogP contribution in [0.5, 0.6) is 0 Å². The molecule has 4 heteroatoms. The molecule has 0 bridgehead atoms. The number of hydrogen-bond donors (Lipinski definition) is 1. The summed E-state index contributed by atoms with van der Waals surface area (Å²) in [5.41, 5.74) is 2.13. The third kappa shape index (κ3) is 3.17. The van der Waals surface area contributed by atoms with Crippen LogP contribution in [0.2, 0.25) is 0 Å². The number of benzene rings is 2. The number of hydrogen-bond acceptors (Lipinski definition) is 3. The lowest BCUT2D eigenvalue weighted by Gasteiger charge is -2.03. The molecule has 100 valence electrons. The number of Topliss-reactive ketones (excluding diaryl/α,β-unsaturated/α-hetero) is 2. The smallest absolute Gasteiger partial charge is 0.311 e. The van der Waals surface area contributed by atoms with E-state index in [1.165, 1.54) is 12.1 Å². The molecule has 0 saturated heterocycles. The summed E-state index contributed by atoms with van der Waals surface area (Å²) in [6.07, 6.45) is -0.779. The fourth-order valence-electron chi connectivity index (χ4n) is 1.82. The van der Waals surface area contributed by atoms with Crippen molar-refractivity contribution < 1.29 is 19.5 Å². The van der Waals surface area contributed by atoms with Crippen LogP contribution in [0.4, 0.5) is 0 Å². The third-order valence-corrected chi connectivity index (χ3v) is 2.82. The van der Waals surface area contributed by atoms with Crippen molar-refractivity contribution in [1.29, 1.82) is 0 Å². The molecule has 1 N–H and O–H groups in total. The van der Waals surface area contributed by atoms with E-state index < -0.39 is 24.0 Å². The van der Waals surface area contributed by atoms with Crippen LogP contribution in [0, 0.1) is 0 Å². The summed E-state index contributed by atoms with van der Waals surface area (Å²) in [5.74, 6) is -2.98. The van der Waals surface area contributed by atoms with Crippen molar-refractivity contribution in [2.45, 2.75) is 6.42 Å². The molecule has 20 heavy (non-hydrogen) atoms. The number of carbonyl (C=O) groups is 3. The molecule has 2 aromatic rings. The highest BCUT2D eigenvalue weighted by Gasteiger charge is 2.18. The van der Waals surface area contributed by atoms with Crippen LogP contribution in [-0.4, -0.2) is 22.6 Å². The fourth-order valence-corrected chi connectivity index (χ4v) is 1.82. The molecule has 0 amide bonds. The number of carboxylic acid groups (broad SMARTS) is 1. The van der Waals surface area contributed by atoms with Crippen LogP contribution in [0.1, 0.15) is 16.8 Å². The number of aliphatic carboxylic acids is 1.